The van der Waals surface area contributed by atoms with Crippen LogP contribution in [0.15, 0.2) is 48.5 Å². The van der Waals surface area contributed by atoms with Gasteiger partial charge in [0.05, 0.1) is 11.6 Å². The smallest absolute Gasteiger partial charge is 0.148 e. The average molecular weight is 304 g/mol. The molecule has 0 bridgehead atoms. The van der Waals surface area contributed by atoms with Crippen molar-refractivity contribution in [1.29, 1.82) is 0 Å². The molecule has 4 nitrogen and oxygen atoms in total. The molecule has 0 aliphatic heterocycles. The Morgan fingerprint density at radius 2 is 1.81 bits per heavy atom. The van der Waals surface area contributed by atoms with Crippen LogP contribution < -0.4 is 0 Å². The molecule has 2 aromatic carbocycles. The van der Waals surface area contributed by atoms with Crippen LogP contribution in [-0.2, 0) is 6.61 Å². The highest BCUT2D eigenvalue weighted by Gasteiger charge is 2.19. The minimum absolute atomic E-state index is 0.250. The van der Waals surface area contributed by atoms with Crippen molar-refractivity contribution in [3.63, 3.8) is 0 Å². The number of halogens is 2. The van der Waals surface area contributed by atoms with E-state index in [4.69, 9.17) is 11.6 Å². The van der Waals surface area contributed by atoms with Crippen LogP contribution in [0.25, 0.3) is 16.9 Å². The lowest BCUT2D eigenvalue weighted by Gasteiger charge is -2.09. The van der Waals surface area contributed by atoms with E-state index in [2.05, 4.69) is 10.3 Å². The zero-order valence-electron chi connectivity index (χ0n) is 10.9. The van der Waals surface area contributed by atoms with Gasteiger partial charge in [-0.2, -0.15) is 0 Å². The summed E-state index contributed by atoms with van der Waals surface area (Å²) in [6.45, 7) is -0.311. The van der Waals surface area contributed by atoms with Gasteiger partial charge in [-0.25, -0.2) is 9.07 Å². The van der Waals surface area contributed by atoms with Crippen LogP contribution in [0.1, 0.15) is 5.69 Å². The molecule has 0 radical (unpaired) electrons. The van der Waals surface area contributed by atoms with Crippen LogP contribution in [0.4, 0.5) is 4.39 Å². The Bertz CT molecular complexity index is 788. The minimum Gasteiger partial charge on any atom is -0.390 e. The lowest BCUT2D eigenvalue weighted by Crippen LogP contribution is -2.03. The highest BCUT2D eigenvalue weighted by molar-refractivity contribution is 6.33. The molecule has 3 rings (SSSR count). The Morgan fingerprint density at radius 1 is 1.10 bits per heavy atom. The van der Waals surface area contributed by atoms with Crippen molar-refractivity contribution in [3.05, 3.63) is 65.1 Å². The van der Waals surface area contributed by atoms with E-state index in [1.165, 1.54) is 10.7 Å². The first-order chi connectivity index (χ1) is 10.2. The third kappa shape index (κ3) is 2.41. The summed E-state index contributed by atoms with van der Waals surface area (Å²) in [5, 5.41) is 17.8. The second-order valence-electron chi connectivity index (χ2n) is 4.39. The maximum absolute atomic E-state index is 14.0. The second kappa shape index (κ2) is 5.63. The summed E-state index contributed by atoms with van der Waals surface area (Å²) in [6.07, 6.45) is 0. The average Bonchev–Trinajstić information content (AvgIpc) is 2.92. The molecule has 1 aromatic heterocycles. The molecule has 6 heteroatoms. The van der Waals surface area contributed by atoms with Crippen LogP contribution in [0.2, 0.25) is 5.02 Å². The summed E-state index contributed by atoms with van der Waals surface area (Å²) in [5.41, 5.74) is 1.70. The molecule has 0 aliphatic rings. The van der Waals surface area contributed by atoms with Crippen molar-refractivity contribution in [2.45, 2.75) is 6.61 Å². The number of hydrogen-bond acceptors (Lipinski definition) is 3. The molecule has 1 heterocycles. The first kappa shape index (κ1) is 13.7. The van der Waals surface area contributed by atoms with Crippen LogP contribution in [-0.4, -0.2) is 20.1 Å². The third-order valence-electron chi connectivity index (χ3n) is 3.10. The highest BCUT2D eigenvalue weighted by Crippen LogP contribution is 2.31. The second-order valence-corrected chi connectivity index (χ2v) is 4.79. The Morgan fingerprint density at radius 3 is 2.52 bits per heavy atom. The van der Waals surface area contributed by atoms with E-state index in [-0.39, 0.29) is 12.3 Å². The van der Waals surface area contributed by atoms with E-state index in [0.29, 0.717) is 22.0 Å². The molecule has 3 aromatic rings. The van der Waals surface area contributed by atoms with Crippen molar-refractivity contribution in [2.24, 2.45) is 0 Å². The maximum Gasteiger partial charge on any atom is 0.148 e. The van der Waals surface area contributed by atoms with Gasteiger partial charge < -0.3 is 5.11 Å². The van der Waals surface area contributed by atoms with Crippen molar-refractivity contribution in [3.8, 4) is 16.9 Å². The summed E-state index contributed by atoms with van der Waals surface area (Å²) >= 11 is 6.20. The van der Waals surface area contributed by atoms with Gasteiger partial charge in [0.25, 0.3) is 0 Å². The normalized spacial score (nSPS) is 10.8. The van der Waals surface area contributed by atoms with Gasteiger partial charge in [-0.3, -0.25) is 0 Å². The molecule has 1 N–H and O–H groups in total. The standard InChI is InChI=1S/C15H11ClFN3O/c16-11-6-2-1-5-10(11)15-13(9-21)18-19-20(15)14-8-4-3-7-12(14)17/h1-8,21H,9H2. The van der Waals surface area contributed by atoms with E-state index < -0.39 is 5.82 Å². The molecule has 0 atom stereocenters. The predicted molar refractivity (Wildman–Crippen MR) is 77.7 cm³/mol. The van der Waals surface area contributed by atoms with Gasteiger partial charge in [-0.1, -0.05) is 47.1 Å². The number of nitrogens with zero attached hydrogens (tertiary/aromatic N) is 3. The van der Waals surface area contributed by atoms with Gasteiger partial charge >= 0.3 is 0 Å². The number of rotatable bonds is 3. The van der Waals surface area contributed by atoms with Gasteiger partial charge in [-0.05, 0) is 18.2 Å². The van der Waals surface area contributed by atoms with E-state index in [9.17, 15) is 9.50 Å². The molecule has 0 saturated carbocycles. The largest absolute Gasteiger partial charge is 0.390 e. The van der Waals surface area contributed by atoms with Gasteiger partial charge in [-0.15, -0.1) is 5.10 Å². The van der Waals surface area contributed by atoms with E-state index in [1.54, 1.807) is 42.5 Å². The molecular weight excluding hydrogens is 293 g/mol. The quantitative estimate of drug-likeness (QED) is 0.808. The Labute approximate surface area is 125 Å². The van der Waals surface area contributed by atoms with Crippen LogP contribution in [0, 0.1) is 5.82 Å². The molecular formula is C15H11ClFN3O. The Hall–Kier alpha value is -2.24. The fourth-order valence-corrected chi connectivity index (χ4v) is 2.36. The van der Waals surface area contributed by atoms with E-state index >= 15 is 0 Å². The Balaban J connectivity index is 2.28. The summed E-state index contributed by atoms with van der Waals surface area (Å²) < 4.78 is 15.4. The van der Waals surface area contributed by atoms with Crippen LogP contribution in [0.5, 0.6) is 0 Å². The van der Waals surface area contributed by atoms with Crippen LogP contribution >= 0.6 is 11.6 Å². The number of aliphatic hydroxyl groups excluding tert-OH is 1. The SMILES string of the molecule is OCc1nnn(-c2ccccc2F)c1-c1ccccc1Cl. The van der Waals surface area contributed by atoms with Gasteiger partial charge in [0.15, 0.2) is 0 Å². The van der Waals surface area contributed by atoms with Gasteiger partial charge in [0, 0.05) is 5.56 Å². The van der Waals surface area contributed by atoms with Gasteiger partial charge in [0.1, 0.15) is 22.9 Å². The number of benzene rings is 2. The number of aromatic nitrogens is 3. The fraction of sp³-hybridized carbons (Fsp3) is 0.0667. The molecule has 0 spiro atoms. The van der Waals surface area contributed by atoms with Crippen molar-refractivity contribution in [2.75, 3.05) is 0 Å². The minimum atomic E-state index is -0.430. The molecule has 0 unspecified atom stereocenters. The predicted octanol–water partition coefficient (Wildman–Crippen LogP) is 3.22. The summed E-state index contributed by atoms with van der Waals surface area (Å²) in [5.74, 6) is -0.430. The first-order valence-electron chi connectivity index (χ1n) is 6.27. The van der Waals surface area contributed by atoms with Crippen molar-refractivity contribution >= 4 is 11.6 Å². The number of aliphatic hydroxyl groups is 1. The van der Waals surface area contributed by atoms with Gasteiger partial charge in [0.2, 0.25) is 0 Å². The molecule has 0 fully saturated rings. The first-order valence-corrected chi connectivity index (χ1v) is 6.65. The number of para-hydroxylation sites is 1. The monoisotopic (exact) mass is 303 g/mol. The van der Waals surface area contributed by atoms with Crippen molar-refractivity contribution < 1.29 is 9.50 Å². The number of hydrogen-bond donors (Lipinski definition) is 1. The summed E-state index contributed by atoms with van der Waals surface area (Å²) in [7, 11) is 0. The van der Waals surface area contributed by atoms with E-state index in [1.807, 2.05) is 0 Å². The summed E-state index contributed by atoms with van der Waals surface area (Å²) in [6, 6.07) is 13.3. The topological polar surface area (TPSA) is 50.9 Å². The molecule has 106 valence electrons. The Kier molecular flexibility index (Phi) is 3.68. The molecule has 0 saturated heterocycles. The summed E-state index contributed by atoms with van der Waals surface area (Å²) in [4.78, 5) is 0. The molecule has 0 aliphatic carbocycles. The molecule has 21 heavy (non-hydrogen) atoms. The molecule has 0 amide bonds. The lowest BCUT2D eigenvalue weighted by atomic mass is 10.1. The van der Waals surface area contributed by atoms with Crippen LogP contribution in [0.3, 0.4) is 0 Å². The maximum atomic E-state index is 14.0. The highest BCUT2D eigenvalue weighted by atomic mass is 35.5. The zero-order valence-corrected chi connectivity index (χ0v) is 11.6. The van der Waals surface area contributed by atoms with Crippen molar-refractivity contribution in [1.82, 2.24) is 15.0 Å². The fourth-order valence-electron chi connectivity index (χ4n) is 2.13. The third-order valence-corrected chi connectivity index (χ3v) is 3.43. The zero-order chi connectivity index (χ0) is 14.8. The van der Waals surface area contributed by atoms with E-state index in [0.717, 1.165) is 0 Å². The lowest BCUT2D eigenvalue weighted by molar-refractivity contribution is 0.277.